The fourth-order valence-corrected chi connectivity index (χ4v) is 2.17. The summed E-state index contributed by atoms with van der Waals surface area (Å²) in [5, 5.41) is 0. The molecule has 1 aromatic carbocycles. The molecule has 1 unspecified atom stereocenters. The van der Waals surface area contributed by atoms with Gasteiger partial charge in [-0.15, -0.1) is 0 Å². The molecular weight excluding hydrogens is 268 g/mol. The van der Waals surface area contributed by atoms with E-state index in [1.807, 2.05) is 32.0 Å². The zero-order valence-electron chi connectivity index (χ0n) is 13.4. The number of hydrogen-bond donors (Lipinski definition) is 1. The lowest BCUT2D eigenvalue weighted by molar-refractivity contribution is -0.137. The van der Waals surface area contributed by atoms with Crippen molar-refractivity contribution >= 4 is 5.91 Å². The Morgan fingerprint density at radius 1 is 1.29 bits per heavy atom. The molecule has 1 amide bonds. The molecule has 0 aliphatic rings. The molecule has 0 saturated heterocycles. The number of benzene rings is 1. The van der Waals surface area contributed by atoms with Crippen LogP contribution in [0.3, 0.4) is 0 Å². The highest BCUT2D eigenvalue weighted by molar-refractivity contribution is 5.81. The van der Waals surface area contributed by atoms with Gasteiger partial charge >= 0.3 is 0 Å². The molecule has 0 aromatic heterocycles. The molecule has 5 heteroatoms. The van der Waals surface area contributed by atoms with E-state index in [-0.39, 0.29) is 5.91 Å². The molecule has 0 bridgehead atoms. The quantitative estimate of drug-likeness (QED) is 0.794. The average molecular weight is 294 g/mol. The monoisotopic (exact) mass is 294 g/mol. The van der Waals surface area contributed by atoms with Gasteiger partial charge in [0.1, 0.15) is 0 Å². The fraction of sp³-hybridized carbons (Fsp3) is 0.562. The number of ether oxygens (including phenoxy) is 2. The summed E-state index contributed by atoms with van der Waals surface area (Å²) in [4.78, 5) is 14.0. The second kappa shape index (κ2) is 8.52. The van der Waals surface area contributed by atoms with Crippen molar-refractivity contribution in [3.05, 3.63) is 23.8 Å². The van der Waals surface area contributed by atoms with E-state index in [9.17, 15) is 4.79 Å². The minimum absolute atomic E-state index is 0.0220. The van der Waals surface area contributed by atoms with Gasteiger partial charge in [-0.3, -0.25) is 4.79 Å². The molecule has 21 heavy (non-hydrogen) atoms. The lowest BCUT2D eigenvalue weighted by Gasteiger charge is -2.24. The zero-order valence-corrected chi connectivity index (χ0v) is 13.4. The molecule has 1 rings (SSSR count). The Labute approximate surface area is 127 Å². The lowest BCUT2D eigenvalue weighted by Crippen LogP contribution is -2.40. The summed E-state index contributed by atoms with van der Waals surface area (Å²) >= 11 is 0. The Hall–Kier alpha value is -1.75. The number of methoxy groups -OCH3 is 1. The summed E-state index contributed by atoms with van der Waals surface area (Å²) < 4.78 is 11.1. The number of carbonyl (C=O) groups is 1. The Morgan fingerprint density at radius 3 is 2.48 bits per heavy atom. The second-order valence-electron chi connectivity index (χ2n) is 4.79. The van der Waals surface area contributed by atoms with Crippen LogP contribution in [0.4, 0.5) is 0 Å². The maximum Gasteiger partial charge on any atom is 0.263 e. The van der Waals surface area contributed by atoms with Crippen molar-refractivity contribution in [2.75, 3.05) is 26.7 Å². The third-order valence-electron chi connectivity index (χ3n) is 3.39. The van der Waals surface area contributed by atoms with Crippen LogP contribution in [0.15, 0.2) is 18.2 Å². The molecule has 0 fully saturated rings. The Kier molecular flexibility index (Phi) is 7.02. The first kappa shape index (κ1) is 17.3. The molecule has 5 nitrogen and oxygen atoms in total. The number of nitrogens with two attached hydrogens (primary N) is 1. The number of carbonyl (C=O) groups excluding carboxylic acids is 1. The first-order valence-corrected chi connectivity index (χ1v) is 7.39. The molecule has 118 valence electrons. The predicted molar refractivity (Wildman–Crippen MR) is 83.8 cm³/mol. The Balaban J connectivity index is 2.89. The van der Waals surface area contributed by atoms with Crippen LogP contribution in [0.1, 0.15) is 26.3 Å². The smallest absolute Gasteiger partial charge is 0.263 e. The van der Waals surface area contributed by atoms with Gasteiger partial charge in [0.15, 0.2) is 17.6 Å². The van der Waals surface area contributed by atoms with Gasteiger partial charge in [0.05, 0.1) is 7.11 Å². The summed E-state index contributed by atoms with van der Waals surface area (Å²) in [6, 6.07) is 5.68. The minimum Gasteiger partial charge on any atom is -0.493 e. The molecule has 0 saturated carbocycles. The number of hydrogen-bond acceptors (Lipinski definition) is 4. The van der Waals surface area contributed by atoms with E-state index in [2.05, 4.69) is 0 Å². The van der Waals surface area contributed by atoms with Gasteiger partial charge in [0, 0.05) is 13.1 Å². The van der Waals surface area contributed by atoms with Crippen LogP contribution in [0.5, 0.6) is 11.5 Å². The van der Waals surface area contributed by atoms with Crippen molar-refractivity contribution in [2.45, 2.75) is 33.3 Å². The third-order valence-corrected chi connectivity index (χ3v) is 3.39. The van der Waals surface area contributed by atoms with Crippen LogP contribution in [0.2, 0.25) is 0 Å². The van der Waals surface area contributed by atoms with Crippen LogP contribution in [-0.2, 0) is 11.2 Å². The van der Waals surface area contributed by atoms with Gasteiger partial charge in [-0.05, 0) is 51.4 Å². The van der Waals surface area contributed by atoms with Crippen molar-refractivity contribution in [1.82, 2.24) is 4.90 Å². The second-order valence-corrected chi connectivity index (χ2v) is 4.79. The summed E-state index contributed by atoms with van der Waals surface area (Å²) in [5.74, 6) is 1.18. The van der Waals surface area contributed by atoms with E-state index in [1.165, 1.54) is 0 Å². The molecule has 0 heterocycles. The topological polar surface area (TPSA) is 64.8 Å². The largest absolute Gasteiger partial charge is 0.493 e. The predicted octanol–water partition coefficient (Wildman–Crippen LogP) is 1.83. The molecule has 0 radical (unpaired) electrons. The molecule has 0 aliphatic carbocycles. The summed E-state index contributed by atoms with van der Waals surface area (Å²) in [7, 11) is 1.58. The van der Waals surface area contributed by atoms with Crippen molar-refractivity contribution in [3.63, 3.8) is 0 Å². The van der Waals surface area contributed by atoms with E-state index in [0.29, 0.717) is 31.1 Å². The van der Waals surface area contributed by atoms with Gasteiger partial charge in [-0.25, -0.2) is 0 Å². The highest BCUT2D eigenvalue weighted by Crippen LogP contribution is 2.29. The third kappa shape index (κ3) is 4.63. The van der Waals surface area contributed by atoms with Crippen LogP contribution in [0.25, 0.3) is 0 Å². The molecule has 2 N–H and O–H groups in total. The van der Waals surface area contributed by atoms with Crippen LogP contribution >= 0.6 is 0 Å². The average Bonchev–Trinajstić information content (AvgIpc) is 2.49. The maximum absolute atomic E-state index is 12.3. The number of likely N-dealkylation sites (N-methyl/N-ethyl adjacent to an activating group) is 1. The van der Waals surface area contributed by atoms with E-state index in [1.54, 1.807) is 18.9 Å². The molecule has 0 spiro atoms. The first-order chi connectivity index (χ1) is 10.1. The van der Waals surface area contributed by atoms with E-state index in [4.69, 9.17) is 15.2 Å². The maximum atomic E-state index is 12.3. The number of rotatable bonds is 8. The summed E-state index contributed by atoms with van der Waals surface area (Å²) in [6.45, 7) is 7.59. The first-order valence-electron chi connectivity index (χ1n) is 7.39. The van der Waals surface area contributed by atoms with Crippen molar-refractivity contribution in [2.24, 2.45) is 5.73 Å². The summed E-state index contributed by atoms with van der Waals surface area (Å²) in [6.07, 6.45) is 0.213. The van der Waals surface area contributed by atoms with Gasteiger partial charge < -0.3 is 20.1 Å². The standard InChI is InChI=1S/C16H26N2O3/c1-5-18(6-2)16(19)12(3)21-15-11-13(9-10-17)7-8-14(15)20-4/h7-8,11-12H,5-6,9-10,17H2,1-4H3. The number of nitrogens with zero attached hydrogens (tertiary/aromatic N) is 1. The van der Waals surface area contributed by atoms with Gasteiger partial charge in [-0.1, -0.05) is 6.07 Å². The molecule has 1 atom stereocenters. The van der Waals surface area contributed by atoms with E-state index in [0.717, 1.165) is 12.0 Å². The van der Waals surface area contributed by atoms with Crippen molar-refractivity contribution in [3.8, 4) is 11.5 Å². The fourth-order valence-electron chi connectivity index (χ4n) is 2.17. The van der Waals surface area contributed by atoms with Crippen molar-refractivity contribution < 1.29 is 14.3 Å². The van der Waals surface area contributed by atoms with Gasteiger partial charge in [0.25, 0.3) is 5.91 Å². The van der Waals surface area contributed by atoms with Gasteiger partial charge in [0.2, 0.25) is 0 Å². The SMILES string of the molecule is CCN(CC)C(=O)C(C)Oc1cc(CCN)ccc1OC. The molecule has 1 aromatic rings. The minimum atomic E-state index is -0.549. The highest BCUT2D eigenvalue weighted by atomic mass is 16.5. The van der Waals surface area contributed by atoms with E-state index < -0.39 is 6.10 Å². The molecular formula is C16H26N2O3. The van der Waals surface area contributed by atoms with Crippen LogP contribution in [-0.4, -0.2) is 43.7 Å². The van der Waals surface area contributed by atoms with E-state index >= 15 is 0 Å². The van der Waals surface area contributed by atoms with Gasteiger partial charge in [-0.2, -0.15) is 0 Å². The zero-order chi connectivity index (χ0) is 15.8. The van der Waals surface area contributed by atoms with Crippen molar-refractivity contribution in [1.29, 1.82) is 0 Å². The lowest BCUT2D eigenvalue weighted by atomic mass is 10.1. The summed E-state index contributed by atoms with van der Waals surface area (Å²) in [5.41, 5.74) is 6.64. The van der Waals surface area contributed by atoms with Crippen LogP contribution < -0.4 is 15.2 Å². The Bertz CT molecular complexity index is 459. The normalized spacial score (nSPS) is 11.9. The molecule has 0 aliphatic heterocycles. The number of amides is 1. The highest BCUT2D eigenvalue weighted by Gasteiger charge is 2.21. The Morgan fingerprint density at radius 2 is 1.95 bits per heavy atom. The van der Waals surface area contributed by atoms with Crippen LogP contribution in [0, 0.1) is 0 Å².